The van der Waals surface area contributed by atoms with Crippen molar-refractivity contribution in [2.24, 2.45) is 10.2 Å². The number of phenols is 1. The van der Waals surface area contributed by atoms with E-state index in [9.17, 15) is 22.9 Å². The fourth-order valence-corrected chi connectivity index (χ4v) is 2.99. The fourth-order valence-electron chi connectivity index (χ4n) is 2.35. The Morgan fingerprint density at radius 1 is 0.960 bits per heavy atom. The predicted molar refractivity (Wildman–Crippen MR) is 91.4 cm³/mol. The molecule has 0 bridgehead atoms. The molecule has 7 nitrogen and oxygen atoms in total. The molecule has 25 heavy (non-hydrogen) atoms. The number of phenolic OH excluding ortho intramolecular Hbond substituents is 1. The molecule has 0 aliphatic rings. The van der Waals surface area contributed by atoms with Gasteiger partial charge in [-0.3, -0.25) is 9.35 Å². The van der Waals surface area contributed by atoms with Gasteiger partial charge in [0.2, 0.25) is 0 Å². The van der Waals surface area contributed by atoms with Crippen LogP contribution in [0.25, 0.3) is 10.8 Å². The molecule has 0 atom stereocenters. The van der Waals surface area contributed by atoms with Gasteiger partial charge in [0.1, 0.15) is 16.3 Å². The predicted octanol–water partition coefficient (Wildman–Crippen LogP) is 4.02. The van der Waals surface area contributed by atoms with Crippen LogP contribution in [-0.2, 0) is 10.1 Å². The van der Waals surface area contributed by atoms with E-state index in [0.717, 1.165) is 5.39 Å². The maximum atomic E-state index is 11.6. The summed E-state index contributed by atoms with van der Waals surface area (Å²) in [5.41, 5.74) is 0.264. The van der Waals surface area contributed by atoms with Crippen molar-refractivity contribution < 1.29 is 22.9 Å². The van der Waals surface area contributed by atoms with Gasteiger partial charge in [-0.1, -0.05) is 30.3 Å². The molecule has 0 aliphatic carbocycles. The van der Waals surface area contributed by atoms with Crippen LogP contribution in [0.5, 0.6) is 5.75 Å². The SMILES string of the molecule is O=Cc1cc(N=Nc2c(S(=O)(=O)O)ccc3ccccc23)ccc1O. The molecule has 126 valence electrons. The summed E-state index contributed by atoms with van der Waals surface area (Å²) in [6, 6.07) is 13.7. The number of nitrogens with zero attached hydrogens (tertiary/aromatic N) is 2. The lowest BCUT2D eigenvalue weighted by Crippen LogP contribution is -1.98. The molecule has 3 aromatic carbocycles. The van der Waals surface area contributed by atoms with Gasteiger partial charge in [0.25, 0.3) is 10.1 Å². The minimum atomic E-state index is -4.50. The largest absolute Gasteiger partial charge is 0.507 e. The number of hydrogen-bond acceptors (Lipinski definition) is 6. The first kappa shape index (κ1) is 16.7. The second-order valence-corrected chi connectivity index (χ2v) is 6.56. The summed E-state index contributed by atoms with van der Waals surface area (Å²) < 4.78 is 32.7. The summed E-state index contributed by atoms with van der Waals surface area (Å²) in [6.45, 7) is 0. The van der Waals surface area contributed by atoms with Gasteiger partial charge in [-0.2, -0.15) is 13.5 Å². The standard InChI is InChI=1S/C17H12N2O5S/c20-10-12-9-13(6-7-15(12)21)18-19-17-14-4-2-1-3-11(14)5-8-16(17)25(22,23)24/h1-10,21H,(H,22,23,24). The number of rotatable bonds is 4. The topological polar surface area (TPSA) is 116 Å². The Balaban J connectivity index is 2.19. The van der Waals surface area contributed by atoms with Crippen LogP contribution in [0.3, 0.4) is 0 Å². The quantitative estimate of drug-likeness (QED) is 0.416. The summed E-state index contributed by atoms with van der Waals surface area (Å²) in [5.74, 6) is -0.197. The van der Waals surface area contributed by atoms with E-state index in [4.69, 9.17) is 0 Å². The minimum Gasteiger partial charge on any atom is -0.507 e. The number of fused-ring (bicyclic) bond motifs is 1. The molecule has 0 aliphatic heterocycles. The van der Waals surface area contributed by atoms with E-state index in [1.165, 1.54) is 24.3 Å². The van der Waals surface area contributed by atoms with Gasteiger partial charge in [-0.05, 0) is 29.7 Å². The molecule has 0 heterocycles. The van der Waals surface area contributed by atoms with Crippen molar-refractivity contribution in [1.29, 1.82) is 0 Å². The average Bonchev–Trinajstić information content (AvgIpc) is 2.59. The number of hydrogen-bond donors (Lipinski definition) is 2. The van der Waals surface area contributed by atoms with Crippen LogP contribution in [0.1, 0.15) is 10.4 Å². The lowest BCUT2D eigenvalue weighted by molar-refractivity contribution is 0.112. The molecular weight excluding hydrogens is 344 g/mol. The summed E-state index contributed by atoms with van der Waals surface area (Å²) in [5, 5.41) is 18.6. The number of carbonyl (C=O) groups excluding carboxylic acids is 1. The van der Waals surface area contributed by atoms with Crippen molar-refractivity contribution in [3.8, 4) is 5.75 Å². The molecular formula is C17H12N2O5S. The second kappa shape index (κ2) is 6.42. The normalized spacial score (nSPS) is 11.9. The summed E-state index contributed by atoms with van der Waals surface area (Å²) in [6.07, 6.45) is 0.468. The molecule has 8 heteroatoms. The Kier molecular flexibility index (Phi) is 4.30. The smallest absolute Gasteiger partial charge is 0.296 e. The van der Waals surface area contributed by atoms with Crippen molar-refractivity contribution >= 4 is 38.6 Å². The lowest BCUT2D eigenvalue weighted by atomic mass is 10.1. The first-order valence-electron chi connectivity index (χ1n) is 7.09. The summed E-state index contributed by atoms with van der Waals surface area (Å²) in [7, 11) is -4.50. The van der Waals surface area contributed by atoms with Crippen LogP contribution in [0.15, 0.2) is 69.7 Å². The highest BCUT2D eigenvalue weighted by Crippen LogP contribution is 2.34. The number of azo groups is 1. The van der Waals surface area contributed by atoms with E-state index >= 15 is 0 Å². The van der Waals surface area contributed by atoms with Crippen molar-refractivity contribution in [1.82, 2.24) is 0 Å². The number of carbonyl (C=O) groups is 1. The van der Waals surface area contributed by atoms with Crippen LogP contribution in [-0.4, -0.2) is 24.4 Å². The Morgan fingerprint density at radius 2 is 1.72 bits per heavy atom. The summed E-state index contributed by atoms with van der Waals surface area (Å²) >= 11 is 0. The van der Waals surface area contributed by atoms with E-state index in [0.29, 0.717) is 11.7 Å². The fraction of sp³-hybridized carbons (Fsp3) is 0. The maximum absolute atomic E-state index is 11.6. The van der Waals surface area contributed by atoms with E-state index in [1.807, 2.05) is 0 Å². The molecule has 0 saturated heterocycles. The molecule has 0 radical (unpaired) electrons. The summed E-state index contributed by atoms with van der Waals surface area (Å²) in [4.78, 5) is 10.5. The Labute approximate surface area is 143 Å². The molecule has 0 aromatic heterocycles. The number of aromatic hydroxyl groups is 1. The van der Waals surface area contributed by atoms with Crippen molar-refractivity contribution in [2.75, 3.05) is 0 Å². The van der Waals surface area contributed by atoms with Crippen LogP contribution >= 0.6 is 0 Å². The van der Waals surface area contributed by atoms with Crippen molar-refractivity contribution in [2.45, 2.75) is 4.90 Å². The zero-order valence-corrected chi connectivity index (χ0v) is 13.5. The van der Waals surface area contributed by atoms with Crippen molar-refractivity contribution in [3.05, 3.63) is 60.2 Å². The molecule has 0 unspecified atom stereocenters. The van der Waals surface area contributed by atoms with Gasteiger partial charge in [0.05, 0.1) is 11.3 Å². The molecule has 2 N–H and O–H groups in total. The van der Waals surface area contributed by atoms with Gasteiger partial charge >= 0.3 is 0 Å². The first-order valence-corrected chi connectivity index (χ1v) is 8.53. The number of aldehydes is 1. The molecule has 0 fully saturated rings. The Bertz CT molecular complexity index is 1110. The molecule has 0 amide bonds. The monoisotopic (exact) mass is 356 g/mol. The van der Waals surface area contributed by atoms with Gasteiger partial charge in [0.15, 0.2) is 6.29 Å². The van der Waals surface area contributed by atoms with Crippen LogP contribution in [0, 0.1) is 0 Å². The van der Waals surface area contributed by atoms with Crippen LogP contribution in [0.4, 0.5) is 11.4 Å². The van der Waals surface area contributed by atoms with Gasteiger partial charge in [0, 0.05) is 5.39 Å². The third-order valence-electron chi connectivity index (χ3n) is 3.55. The van der Waals surface area contributed by atoms with Crippen molar-refractivity contribution in [3.63, 3.8) is 0 Å². The van der Waals surface area contributed by atoms with Gasteiger partial charge in [-0.15, -0.1) is 5.11 Å². The molecule has 0 spiro atoms. The van der Waals surface area contributed by atoms with E-state index in [1.54, 1.807) is 30.3 Å². The van der Waals surface area contributed by atoms with E-state index < -0.39 is 10.1 Å². The third-order valence-corrected chi connectivity index (χ3v) is 4.43. The highest BCUT2D eigenvalue weighted by molar-refractivity contribution is 7.86. The zero-order chi connectivity index (χ0) is 18.0. The highest BCUT2D eigenvalue weighted by Gasteiger charge is 2.18. The van der Waals surface area contributed by atoms with Gasteiger partial charge < -0.3 is 5.11 Å². The Morgan fingerprint density at radius 3 is 2.44 bits per heavy atom. The third kappa shape index (κ3) is 3.39. The van der Waals surface area contributed by atoms with Gasteiger partial charge in [-0.25, -0.2) is 0 Å². The lowest BCUT2D eigenvalue weighted by Gasteiger charge is -2.06. The molecule has 0 saturated carbocycles. The molecule has 3 aromatic rings. The Hall–Kier alpha value is -3.10. The minimum absolute atomic E-state index is 0.0127. The van der Waals surface area contributed by atoms with E-state index in [-0.39, 0.29) is 27.6 Å². The second-order valence-electron chi connectivity index (χ2n) is 5.17. The average molecular weight is 356 g/mol. The van der Waals surface area contributed by atoms with E-state index in [2.05, 4.69) is 10.2 Å². The van der Waals surface area contributed by atoms with Crippen LogP contribution < -0.4 is 0 Å². The first-order chi connectivity index (χ1) is 11.9. The van der Waals surface area contributed by atoms with Crippen LogP contribution in [0.2, 0.25) is 0 Å². The molecule has 3 rings (SSSR count). The number of benzene rings is 3. The maximum Gasteiger partial charge on any atom is 0.296 e. The highest BCUT2D eigenvalue weighted by atomic mass is 32.2. The zero-order valence-electron chi connectivity index (χ0n) is 12.7.